The average Bonchev–Trinajstić information content (AvgIpc) is 3.33. The summed E-state index contributed by atoms with van der Waals surface area (Å²) in [6.45, 7) is 2.98. The van der Waals surface area contributed by atoms with Gasteiger partial charge in [-0.05, 0) is 42.8 Å². The summed E-state index contributed by atoms with van der Waals surface area (Å²) in [5.41, 5.74) is 3.85. The Balaban J connectivity index is 1.60. The van der Waals surface area contributed by atoms with Crippen LogP contribution >= 0.6 is 0 Å². The third kappa shape index (κ3) is 4.14. The highest BCUT2D eigenvalue weighted by Gasteiger charge is 2.29. The van der Waals surface area contributed by atoms with Gasteiger partial charge >= 0.3 is 5.97 Å². The van der Waals surface area contributed by atoms with E-state index in [0.29, 0.717) is 58.3 Å². The Morgan fingerprint density at radius 1 is 0.974 bits per heavy atom. The highest BCUT2D eigenvalue weighted by atomic mass is 16.6. The third-order valence-corrected chi connectivity index (χ3v) is 6.34. The van der Waals surface area contributed by atoms with Gasteiger partial charge in [0.05, 0.1) is 13.7 Å². The zero-order valence-electron chi connectivity index (χ0n) is 21.0. The fourth-order valence-corrected chi connectivity index (χ4v) is 4.63. The lowest BCUT2D eigenvalue weighted by Crippen LogP contribution is -2.15. The molecule has 5 aromatic rings. The number of pyridine rings is 1. The molecule has 8 nitrogen and oxygen atoms in total. The van der Waals surface area contributed by atoms with Crippen molar-refractivity contribution in [1.29, 1.82) is 0 Å². The van der Waals surface area contributed by atoms with Gasteiger partial charge in [-0.1, -0.05) is 36.4 Å². The largest absolute Gasteiger partial charge is 0.496 e. The van der Waals surface area contributed by atoms with Gasteiger partial charge in [0, 0.05) is 16.5 Å². The summed E-state index contributed by atoms with van der Waals surface area (Å²) >= 11 is 0. The minimum Gasteiger partial charge on any atom is -0.496 e. The number of carbonyl (C=O) groups is 1. The van der Waals surface area contributed by atoms with Crippen molar-refractivity contribution in [3.63, 3.8) is 0 Å². The fourth-order valence-electron chi connectivity index (χ4n) is 4.63. The number of furan rings is 1. The van der Waals surface area contributed by atoms with Gasteiger partial charge in [0.1, 0.15) is 42.2 Å². The van der Waals surface area contributed by atoms with Crippen LogP contribution in [0.3, 0.4) is 0 Å². The molecule has 0 unspecified atom stereocenters. The second-order valence-corrected chi connectivity index (χ2v) is 8.62. The van der Waals surface area contributed by atoms with Crippen molar-refractivity contribution in [2.24, 2.45) is 0 Å². The van der Waals surface area contributed by atoms with E-state index in [1.807, 2.05) is 66.7 Å². The summed E-state index contributed by atoms with van der Waals surface area (Å²) in [6.07, 6.45) is 0. The van der Waals surface area contributed by atoms with E-state index >= 15 is 0 Å². The third-order valence-electron chi connectivity index (χ3n) is 6.34. The van der Waals surface area contributed by atoms with Crippen LogP contribution in [-0.2, 0) is 11.3 Å². The van der Waals surface area contributed by atoms with Gasteiger partial charge in [0.15, 0.2) is 17.1 Å². The molecule has 3 aromatic carbocycles. The number of aromatic nitrogens is 1. The zero-order chi connectivity index (χ0) is 26.1. The maximum atomic E-state index is 13.5. The molecule has 2 aromatic heterocycles. The standard InChI is InChI=1S/C30H25NO7/c1-3-34-30(32)26-25(18-12-13-23-24(16-18)36-15-14-35-23)28-27(20-9-5-7-11-22(20)38-28)31-29(26)37-17-19-8-4-6-10-21(19)33-2/h4-13,16H,3,14-15,17H2,1-2H3. The molecule has 0 amide bonds. The molecule has 0 aliphatic carbocycles. The number of nitrogens with zero attached hydrogens (tertiary/aromatic N) is 1. The molecule has 1 aliphatic rings. The molecule has 3 heterocycles. The molecule has 192 valence electrons. The van der Waals surface area contributed by atoms with Crippen LogP contribution in [0.1, 0.15) is 22.8 Å². The molecule has 0 bridgehead atoms. The summed E-state index contributed by atoms with van der Waals surface area (Å²) < 4.78 is 35.0. The molecule has 0 N–H and O–H groups in total. The summed E-state index contributed by atoms with van der Waals surface area (Å²) in [5, 5.41) is 0.804. The number of fused-ring (bicyclic) bond motifs is 4. The molecule has 6 rings (SSSR count). The minimum absolute atomic E-state index is 0.130. The first-order valence-electron chi connectivity index (χ1n) is 12.3. The van der Waals surface area contributed by atoms with Crippen LogP contribution in [0.15, 0.2) is 71.1 Å². The van der Waals surface area contributed by atoms with Crippen molar-refractivity contribution in [1.82, 2.24) is 4.98 Å². The van der Waals surface area contributed by atoms with Crippen molar-refractivity contribution in [2.45, 2.75) is 13.5 Å². The quantitative estimate of drug-likeness (QED) is 0.239. The Hall–Kier alpha value is -4.72. The molecule has 0 fully saturated rings. The van der Waals surface area contributed by atoms with Gasteiger partial charge in [-0.2, -0.15) is 0 Å². The summed E-state index contributed by atoms with van der Waals surface area (Å²) in [4.78, 5) is 18.3. The van der Waals surface area contributed by atoms with E-state index in [1.54, 1.807) is 14.0 Å². The Labute approximate surface area is 218 Å². The van der Waals surface area contributed by atoms with Gasteiger partial charge in [-0.3, -0.25) is 0 Å². The highest BCUT2D eigenvalue weighted by Crippen LogP contribution is 2.43. The van der Waals surface area contributed by atoms with Gasteiger partial charge < -0.3 is 28.1 Å². The molecule has 0 saturated carbocycles. The number of ether oxygens (including phenoxy) is 5. The van der Waals surface area contributed by atoms with Gasteiger partial charge in [0.25, 0.3) is 0 Å². The second kappa shape index (κ2) is 9.97. The lowest BCUT2D eigenvalue weighted by Gasteiger charge is -2.20. The van der Waals surface area contributed by atoms with Gasteiger partial charge in [-0.25, -0.2) is 9.78 Å². The highest BCUT2D eigenvalue weighted by molar-refractivity contribution is 6.13. The van der Waals surface area contributed by atoms with E-state index in [-0.39, 0.29) is 24.7 Å². The molecule has 8 heteroatoms. The number of esters is 1. The first kappa shape index (κ1) is 23.7. The normalized spacial score (nSPS) is 12.5. The van der Waals surface area contributed by atoms with Crippen molar-refractivity contribution in [2.75, 3.05) is 26.9 Å². The van der Waals surface area contributed by atoms with E-state index < -0.39 is 5.97 Å². The number of hydrogen-bond donors (Lipinski definition) is 0. The van der Waals surface area contributed by atoms with E-state index in [0.717, 1.165) is 10.9 Å². The van der Waals surface area contributed by atoms with Crippen LogP contribution in [0.5, 0.6) is 23.1 Å². The van der Waals surface area contributed by atoms with Crippen molar-refractivity contribution < 1.29 is 32.9 Å². The molecule has 0 radical (unpaired) electrons. The van der Waals surface area contributed by atoms with Crippen LogP contribution in [0.4, 0.5) is 0 Å². The van der Waals surface area contributed by atoms with E-state index in [1.165, 1.54) is 0 Å². The molecule has 0 saturated heterocycles. The lowest BCUT2D eigenvalue weighted by atomic mass is 9.98. The van der Waals surface area contributed by atoms with Crippen LogP contribution < -0.4 is 18.9 Å². The molecular formula is C30H25NO7. The monoisotopic (exact) mass is 511 g/mol. The summed E-state index contributed by atoms with van der Waals surface area (Å²) in [7, 11) is 1.60. The minimum atomic E-state index is -0.567. The summed E-state index contributed by atoms with van der Waals surface area (Å²) in [5.74, 6) is 1.47. The second-order valence-electron chi connectivity index (χ2n) is 8.62. The summed E-state index contributed by atoms with van der Waals surface area (Å²) in [6, 6.07) is 20.6. The van der Waals surface area contributed by atoms with Crippen LogP contribution in [0.2, 0.25) is 0 Å². The number of para-hydroxylation sites is 2. The van der Waals surface area contributed by atoms with Crippen molar-refractivity contribution in [3.8, 4) is 34.3 Å². The first-order chi connectivity index (χ1) is 18.7. The molecule has 38 heavy (non-hydrogen) atoms. The number of rotatable bonds is 7. The van der Waals surface area contributed by atoms with E-state index in [4.69, 9.17) is 33.1 Å². The number of carbonyl (C=O) groups excluding carboxylic acids is 1. The van der Waals surface area contributed by atoms with E-state index in [9.17, 15) is 4.79 Å². The Morgan fingerprint density at radius 3 is 2.61 bits per heavy atom. The Morgan fingerprint density at radius 2 is 1.76 bits per heavy atom. The molecule has 0 spiro atoms. The molecule has 0 atom stereocenters. The van der Waals surface area contributed by atoms with Crippen molar-refractivity contribution in [3.05, 3.63) is 77.9 Å². The molecule has 1 aliphatic heterocycles. The maximum absolute atomic E-state index is 13.5. The fraction of sp³-hybridized carbons (Fsp3) is 0.200. The maximum Gasteiger partial charge on any atom is 0.344 e. The lowest BCUT2D eigenvalue weighted by molar-refractivity contribution is 0.0521. The van der Waals surface area contributed by atoms with Crippen LogP contribution in [-0.4, -0.2) is 37.9 Å². The van der Waals surface area contributed by atoms with E-state index in [2.05, 4.69) is 0 Å². The smallest absolute Gasteiger partial charge is 0.344 e. The zero-order valence-corrected chi connectivity index (χ0v) is 21.0. The molecular weight excluding hydrogens is 486 g/mol. The SMILES string of the molecule is CCOC(=O)c1c(OCc2ccccc2OC)nc2c(oc3ccccc32)c1-c1ccc2c(c1)OCCO2. The predicted octanol–water partition coefficient (Wildman–Crippen LogP) is 6.18. The van der Waals surface area contributed by atoms with Crippen molar-refractivity contribution >= 4 is 28.0 Å². The number of benzene rings is 3. The topological polar surface area (TPSA) is 89.3 Å². The van der Waals surface area contributed by atoms with Gasteiger partial charge in [0.2, 0.25) is 5.88 Å². The number of methoxy groups -OCH3 is 1. The van der Waals surface area contributed by atoms with Gasteiger partial charge in [-0.15, -0.1) is 0 Å². The first-order valence-corrected chi connectivity index (χ1v) is 12.3. The Kier molecular flexibility index (Phi) is 6.21. The van der Waals surface area contributed by atoms with Crippen LogP contribution in [0.25, 0.3) is 33.2 Å². The Bertz CT molecular complexity index is 1660. The number of hydrogen-bond acceptors (Lipinski definition) is 8. The predicted molar refractivity (Wildman–Crippen MR) is 141 cm³/mol. The average molecular weight is 512 g/mol. The van der Waals surface area contributed by atoms with Crippen LogP contribution in [0, 0.1) is 0 Å².